The molecule has 4 heterocycles. The van der Waals surface area contributed by atoms with E-state index in [0.717, 1.165) is 55.1 Å². The van der Waals surface area contributed by atoms with E-state index < -0.39 is 0 Å². The highest BCUT2D eigenvalue weighted by Gasteiger charge is 2.38. The molecule has 0 amide bonds. The first-order chi connectivity index (χ1) is 34.7. The van der Waals surface area contributed by atoms with Gasteiger partial charge in [-0.3, -0.25) is 0 Å². The smallest absolute Gasteiger partial charge is 0.135 e. The Morgan fingerprint density at radius 3 is 1.59 bits per heavy atom. The molecule has 0 spiro atoms. The fourth-order valence-electron chi connectivity index (χ4n) is 11.6. The lowest BCUT2D eigenvalue weighted by molar-refractivity contribution is 0.668. The Hall–Kier alpha value is -9.12. The van der Waals surface area contributed by atoms with E-state index in [9.17, 15) is 0 Å². The lowest BCUT2D eigenvalue weighted by atomic mass is 9.89. The standard InChI is InChI=1S/C66H42N2O2/c1-2-12-41(13-3-1)42-14-10-15-43(34-42)44-16-11-17-45(35-44)47-25-32-65-57(38-47)58-40-50(28-33-66(58)70-65)68-60-22-8-5-19-52(60)55-39-49(27-30-62(55)68)67-59-21-7-4-18-51(59)54-36-46(24-29-61(54)67)48-26-31-64-56(37-48)53-20-6-9-23-63(53)69-64/h1-40,51,59H. The van der Waals surface area contributed by atoms with Crippen molar-refractivity contribution in [2.75, 3.05) is 4.90 Å². The van der Waals surface area contributed by atoms with E-state index in [-0.39, 0.29) is 12.0 Å². The van der Waals surface area contributed by atoms with Crippen molar-refractivity contribution in [2.24, 2.45) is 0 Å². The summed E-state index contributed by atoms with van der Waals surface area (Å²) in [5.74, 6) is 0.230. The van der Waals surface area contributed by atoms with Gasteiger partial charge in [0, 0.05) is 55.3 Å². The average Bonchev–Trinajstić information content (AvgIpc) is 4.18. The minimum absolute atomic E-state index is 0.163. The van der Waals surface area contributed by atoms with Gasteiger partial charge >= 0.3 is 0 Å². The molecule has 328 valence electrons. The fraction of sp³-hybridized carbons (Fsp3) is 0.0303. The minimum atomic E-state index is 0.163. The number of allylic oxidation sites excluding steroid dienone is 2. The van der Waals surface area contributed by atoms with Crippen LogP contribution in [0.5, 0.6) is 0 Å². The van der Waals surface area contributed by atoms with Gasteiger partial charge in [0.1, 0.15) is 22.3 Å². The summed E-state index contributed by atoms with van der Waals surface area (Å²) < 4.78 is 15.1. The molecule has 1 aliphatic heterocycles. The van der Waals surface area contributed by atoms with Crippen molar-refractivity contribution < 1.29 is 8.83 Å². The van der Waals surface area contributed by atoms with Gasteiger partial charge in [0.2, 0.25) is 0 Å². The monoisotopic (exact) mass is 894 g/mol. The second-order valence-corrected chi connectivity index (χ2v) is 18.8. The molecule has 2 aliphatic rings. The van der Waals surface area contributed by atoms with Crippen molar-refractivity contribution in [3.8, 4) is 50.2 Å². The zero-order chi connectivity index (χ0) is 45.9. The summed E-state index contributed by atoms with van der Waals surface area (Å²) >= 11 is 0. The summed E-state index contributed by atoms with van der Waals surface area (Å²) in [6.07, 6.45) is 9.13. The molecule has 10 aromatic carbocycles. The Labute approximate surface area is 403 Å². The molecule has 0 radical (unpaired) electrons. The van der Waals surface area contributed by atoms with Crippen molar-refractivity contribution in [3.05, 3.63) is 248 Å². The molecule has 0 N–H and O–H groups in total. The molecule has 13 aromatic rings. The Kier molecular flexibility index (Phi) is 8.45. The Morgan fingerprint density at radius 1 is 0.314 bits per heavy atom. The number of aromatic nitrogens is 1. The zero-order valence-corrected chi connectivity index (χ0v) is 38.0. The third-order valence-electron chi connectivity index (χ3n) is 14.9. The summed E-state index contributed by atoms with van der Waals surface area (Å²) in [7, 11) is 0. The third-order valence-corrected chi connectivity index (χ3v) is 14.9. The van der Waals surface area contributed by atoms with Crippen molar-refractivity contribution in [1.29, 1.82) is 0 Å². The maximum Gasteiger partial charge on any atom is 0.135 e. The lowest BCUT2D eigenvalue weighted by Crippen LogP contribution is -2.28. The van der Waals surface area contributed by atoms with Crippen molar-refractivity contribution in [3.63, 3.8) is 0 Å². The van der Waals surface area contributed by atoms with Crippen LogP contribution in [-0.4, -0.2) is 10.6 Å². The van der Waals surface area contributed by atoms with Gasteiger partial charge in [-0.05, 0) is 147 Å². The van der Waals surface area contributed by atoms with Crippen LogP contribution in [0.25, 0.3) is 116 Å². The second kappa shape index (κ2) is 15.2. The summed E-state index contributed by atoms with van der Waals surface area (Å²) in [6.45, 7) is 0. The van der Waals surface area contributed by atoms with Crippen LogP contribution < -0.4 is 4.90 Å². The number of para-hydroxylation sites is 2. The van der Waals surface area contributed by atoms with Crippen LogP contribution in [0.3, 0.4) is 0 Å². The maximum absolute atomic E-state index is 6.52. The summed E-state index contributed by atoms with van der Waals surface area (Å²) in [4.78, 5) is 2.54. The fourth-order valence-corrected chi connectivity index (χ4v) is 11.6. The van der Waals surface area contributed by atoms with Crippen LogP contribution in [0.15, 0.2) is 252 Å². The Bertz CT molecular complexity index is 4330. The van der Waals surface area contributed by atoms with Gasteiger partial charge in [0.25, 0.3) is 0 Å². The van der Waals surface area contributed by atoms with Crippen molar-refractivity contribution >= 4 is 77.1 Å². The van der Waals surface area contributed by atoms with E-state index in [0.29, 0.717) is 0 Å². The summed E-state index contributed by atoms with van der Waals surface area (Å²) in [5.41, 5.74) is 20.3. The first-order valence-electron chi connectivity index (χ1n) is 24.1. The molecule has 4 heteroatoms. The molecule has 1 aliphatic carbocycles. The van der Waals surface area contributed by atoms with E-state index in [1.807, 2.05) is 12.1 Å². The van der Waals surface area contributed by atoms with E-state index in [1.165, 1.54) is 77.7 Å². The van der Waals surface area contributed by atoms with Gasteiger partial charge in [-0.2, -0.15) is 0 Å². The lowest BCUT2D eigenvalue weighted by Gasteiger charge is -2.28. The van der Waals surface area contributed by atoms with Crippen molar-refractivity contribution in [2.45, 2.75) is 12.0 Å². The van der Waals surface area contributed by atoms with Crippen LogP contribution in [0.1, 0.15) is 11.5 Å². The molecule has 0 fully saturated rings. The van der Waals surface area contributed by atoms with Crippen LogP contribution in [0.4, 0.5) is 11.4 Å². The first kappa shape index (κ1) is 38.9. The first-order valence-corrected chi connectivity index (χ1v) is 24.1. The SMILES string of the molecule is C1=CC2c3cc(-c4ccc5oc6ccccc6c5c4)ccc3N(c3ccc4c(c3)c3ccccc3n4-c3ccc4oc5ccc(-c6cccc(-c7cccc(-c8ccccc8)c7)c6)cc5c4c3)C2C=C1. The minimum Gasteiger partial charge on any atom is -0.456 e. The molecule has 0 saturated heterocycles. The van der Waals surface area contributed by atoms with Gasteiger partial charge in [0.05, 0.1) is 17.1 Å². The number of fused-ring (bicyclic) bond motifs is 12. The Morgan fingerprint density at radius 2 is 0.829 bits per heavy atom. The zero-order valence-electron chi connectivity index (χ0n) is 38.0. The Balaban J connectivity index is 0.804. The van der Waals surface area contributed by atoms with Gasteiger partial charge < -0.3 is 18.3 Å². The summed E-state index contributed by atoms with van der Waals surface area (Å²) in [6, 6.07) is 79.4. The summed E-state index contributed by atoms with van der Waals surface area (Å²) in [5, 5.41) is 6.93. The van der Waals surface area contributed by atoms with Crippen LogP contribution >= 0.6 is 0 Å². The number of nitrogens with zero attached hydrogens (tertiary/aromatic N) is 2. The molecular formula is C66H42N2O2. The van der Waals surface area contributed by atoms with Crippen LogP contribution in [-0.2, 0) is 0 Å². The largest absolute Gasteiger partial charge is 0.456 e. The molecule has 2 unspecified atom stereocenters. The third kappa shape index (κ3) is 6.03. The number of hydrogen-bond donors (Lipinski definition) is 0. The number of benzene rings is 10. The molecule has 2 atom stereocenters. The number of anilines is 2. The molecule has 3 aromatic heterocycles. The topological polar surface area (TPSA) is 34.5 Å². The number of hydrogen-bond acceptors (Lipinski definition) is 3. The van der Waals surface area contributed by atoms with E-state index >= 15 is 0 Å². The number of rotatable bonds is 6. The average molecular weight is 895 g/mol. The van der Waals surface area contributed by atoms with Gasteiger partial charge in [-0.1, -0.05) is 146 Å². The normalized spacial score (nSPS) is 15.3. The predicted molar refractivity (Wildman–Crippen MR) is 290 cm³/mol. The highest BCUT2D eigenvalue weighted by Crippen LogP contribution is 2.50. The molecule has 4 nitrogen and oxygen atoms in total. The van der Waals surface area contributed by atoms with Crippen molar-refractivity contribution in [1.82, 2.24) is 4.57 Å². The molecule has 0 bridgehead atoms. The van der Waals surface area contributed by atoms with E-state index in [4.69, 9.17) is 8.83 Å². The molecule has 15 rings (SSSR count). The van der Waals surface area contributed by atoms with E-state index in [1.54, 1.807) is 0 Å². The number of furan rings is 2. The molecule has 70 heavy (non-hydrogen) atoms. The predicted octanol–water partition coefficient (Wildman–Crippen LogP) is 18.0. The van der Waals surface area contributed by atoms with Gasteiger partial charge in [-0.25, -0.2) is 0 Å². The highest BCUT2D eigenvalue weighted by molar-refractivity contribution is 6.12. The highest BCUT2D eigenvalue weighted by atomic mass is 16.3. The molecule has 0 saturated carbocycles. The molecular weight excluding hydrogens is 853 g/mol. The van der Waals surface area contributed by atoms with E-state index in [2.05, 4.69) is 240 Å². The second-order valence-electron chi connectivity index (χ2n) is 18.8. The van der Waals surface area contributed by atoms with Gasteiger partial charge in [0.15, 0.2) is 0 Å². The van der Waals surface area contributed by atoms with Gasteiger partial charge in [-0.15, -0.1) is 0 Å². The quantitative estimate of drug-likeness (QED) is 0.167. The van der Waals surface area contributed by atoms with Crippen LogP contribution in [0, 0.1) is 0 Å². The van der Waals surface area contributed by atoms with Crippen LogP contribution in [0.2, 0.25) is 0 Å². The maximum atomic E-state index is 6.52.